The van der Waals surface area contributed by atoms with Crippen LogP contribution in [0.3, 0.4) is 0 Å². The van der Waals surface area contributed by atoms with Crippen molar-refractivity contribution in [2.24, 2.45) is 0 Å². The Labute approximate surface area is 128 Å². The van der Waals surface area contributed by atoms with Crippen molar-refractivity contribution in [3.63, 3.8) is 0 Å². The van der Waals surface area contributed by atoms with Gasteiger partial charge >= 0.3 is 5.97 Å². The number of nitrogens with zero attached hydrogens (tertiary/aromatic N) is 1. The molecule has 0 aliphatic rings. The van der Waals surface area contributed by atoms with Crippen LogP contribution < -0.4 is 10.1 Å². The van der Waals surface area contributed by atoms with Gasteiger partial charge in [-0.25, -0.2) is 4.79 Å². The van der Waals surface area contributed by atoms with Crippen molar-refractivity contribution < 1.29 is 19.4 Å². The largest absolute Gasteiger partial charge is 0.492 e. The predicted octanol–water partition coefficient (Wildman–Crippen LogP) is 2.79. The maximum Gasteiger partial charge on any atom is 0.346 e. The van der Waals surface area contributed by atoms with Gasteiger partial charge in [-0.05, 0) is 11.4 Å². The summed E-state index contributed by atoms with van der Waals surface area (Å²) < 4.78 is 5.31. The molecule has 0 radical (unpaired) electrons. The number of nitriles is 1. The normalized spacial score (nSPS) is 9.86. The first-order valence-corrected chi connectivity index (χ1v) is 7.58. The lowest BCUT2D eigenvalue weighted by Crippen LogP contribution is -2.14. The zero-order valence-corrected chi connectivity index (χ0v) is 12.3. The molecule has 21 heavy (non-hydrogen) atoms. The fourth-order valence-electron chi connectivity index (χ4n) is 1.45. The van der Waals surface area contributed by atoms with Crippen molar-refractivity contribution in [3.8, 4) is 11.8 Å². The van der Waals surface area contributed by atoms with Gasteiger partial charge in [-0.2, -0.15) is 5.26 Å². The molecule has 0 saturated heterocycles. The van der Waals surface area contributed by atoms with Gasteiger partial charge in [0.1, 0.15) is 21.7 Å². The molecule has 2 N–H and O–H groups in total. The first kappa shape index (κ1) is 15.0. The van der Waals surface area contributed by atoms with Crippen molar-refractivity contribution in [1.29, 1.82) is 5.26 Å². The smallest absolute Gasteiger partial charge is 0.346 e. The van der Waals surface area contributed by atoms with Gasteiger partial charge in [0, 0.05) is 11.4 Å². The summed E-state index contributed by atoms with van der Waals surface area (Å²) in [4.78, 5) is 22.6. The molecule has 2 heterocycles. The number of ether oxygens (including phenoxy) is 1. The van der Waals surface area contributed by atoms with Gasteiger partial charge in [-0.3, -0.25) is 4.79 Å². The number of rotatable bonds is 6. The van der Waals surface area contributed by atoms with E-state index >= 15 is 0 Å². The molecule has 2 aromatic rings. The Hall–Kier alpha value is -2.37. The molecule has 1 amide bonds. The van der Waals surface area contributed by atoms with Crippen molar-refractivity contribution in [2.75, 3.05) is 11.9 Å². The predicted molar refractivity (Wildman–Crippen MR) is 79.1 cm³/mol. The summed E-state index contributed by atoms with van der Waals surface area (Å²) >= 11 is 2.35. The van der Waals surface area contributed by atoms with E-state index in [1.807, 2.05) is 6.07 Å². The maximum absolute atomic E-state index is 11.7. The lowest BCUT2D eigenvalue weighted by molar-refractivity contribution is -0.116. The van der Waals surface area contributed by atoms with E-state index in [-0.39, 0.29) is 23.8 Å². The quantitative estimate of drug-likeness (QED) is 0.852. The topological polar surface area (TPSA) is 99.4 Å². The third kappa shape index (κ3) is 4.05. The van der Waals surface area contributed by atoms with E-state index in [4.69, 9.17) is 15.1 Å². The van der Waals surface area contributed by atoms with Crippen molar-refractivity contribution >= 4 is 39.6 Å². The molecule has 0 fully saturated rings. The maximum atomic E-state index is 11.7. The summed E-state index contributed by atoms with van der Waals surface area (Å²) in [5.41, 5.74) is 0.429. The highest BCUT2D eigenvalue weighted by molar-refractivity contribution is 7.14. The van der Waals surface area contributed by atoms with E-state index in [0.29, 0.717) is 16.3 Å². The van der Waals surface area contributed by atoms with E-state index < -0.39 is 5.97 Å². The van der Waals surface area contributed by atoms with Crippen LogP contribution in [0.15, 0.2) is 22.9 Å². The Morgan fingerprint density at radius 1 is 1.43 bits per heavy atom. The third-order valence-corrected chi connectivity index (χ3v) is 4.15. The Morgan fingerprint density at radius 2 is 2.24 bits per heavy atom. The third-order valence-electron chi connectivity index (χ3n) is 2.42. The van der Waals surface area contributed by atoms with Crippen LogP contribution in [0.4, 0.5) is 5.00 Å². The highest BCUT2D eigenvalue weighted by Crippen LogP contribution is 2.23. The van der Waals surface area contributed by atoms with Crippen LogP contribution in [-0.4, -0.2) is 23.6 Å². The number of nitrogens with one attached hydrogen (secondary N) is 1. The summed E-state index contributed by atoms with van der Waals surface area (Å²) in [5.74, 6) is -0.837. The van der Waals surface area contributed by atoms with Crippen molar-refractivity contribution in [3.05, 3.63) is 33.3 Å². The zero-order chi connectivity index (χ0) is 15.2. The Balaban J connectivity index is 1.79. The first-order chi connectivity index (χ1) is 10.1. The first-order valence-electron chi connectivity index (χ1n) is 5.82. The fraction of sp³-hybridized carbons (Fsp3) is 0.154. The number of hydrogen-bond acceptors (Lipinski definition) is 6. The van der Waals surface area contributed by atoms with Gasteiger partial charge < -0.3 is 15.2 Å². The van der Waals surface area contributed by atoms with E-state index in [9.17, 15) is 9.59 Å². The van der Waals surface area contributed by atoms with Gasteiger partial charge in [0.25, 0.3) is 0 Å². The summed E-state index contributed by atoms with van der Waals surface area (Å²) in [7, 11) is 0. The molecule has 8 heteroatoms. The van der Waals surface area contributed by atoms with Crippen LogP contribution in [-0.2, 0) is 4.79 Å². The second-order valence-corrected chi connectivity index (χ2v) is 5.70. The van der Waals surface area contributed by atoms with Crippen molar-refractivity contribution in [2.45, 2.75) is 6.42 Å². The number of hydrogen-bond donors (Lipinski definition) is 2. The highest BCUT2D eigenvalue weighted by atomic mass is 32.1. The number of aromatic carboxylic acids is 1. The lowest BCUT2D eigenvalue weighted by Gasteiger charge is -2.04. The average Bonchev–Trinajstić information content (AvgIpc) is 3.07. The standard InChI is InChI=1S/C13H10N2O4S2/c14-6-8-2-4-20-12(8)15-11(16)1-3-19-9-5-10(13(17)18)21-7-9/h2,4-5,7H,1,3H2,(H,15,16)(H,17,18). The minimum atomic E-state index is -1.01. The zero-order valence-electron chi connectivity index (χ0n) is 10.7. The van der Waals surface area contributed by atoms with E-state index in [2.05, 4.69) is 5.32 Å². The van der Waals surface area contributed by atoms with Crippen LogP contribution in [0, 0.1) is 11.3 Å². The molecule has 0 aromatic carbocycles. The SMILES string of the molecule is N#Cc1ccsc1NC(=O)CCOc1csc(C(=O)O)c1. The van der Waals surface area contributed by atoms with Gasteiger partial charge in [-0.15, -0.1) is 22.7 Å². The fourth-order valence-corrected chi connectivity index (χ4v) is 2.87. The number of amides is 1. The summed E-state index contributed by atoms with van der Waals surface area (Å²) in [6, 6.07) is 5.04. The number of carbonyl (C=O) groups is 2. The van der Waals surface area contributed by atoms with Crippen LogP contribution >= 0.6 is 22.7 Å². The van der Waals surface area contributed by atoms with E-state index in [0.717, 1.165) is 11.3 Å². The van der Waals surface area contributed by atoms with Gasteiger partial charge in [0.05, 0.1) is 18.6 Å². The Kier molecular flexibility index (Phi) is 4.92. The average molecular weight is 322 g/mol. The van der Waals surface area contributed by atoms with Crippen LogP contribution in [0.2, 0.25) is 0 Å². The molecular formula is C13H10N2O4S2. The molecule has 108 valence electrons. The number of thiophene rings is 2. The molecular weight excluding hydrogens is 312 g/mol. The number of carbonyl (C=O) groups excluding carboxylic acids is 1. The number of carboxylic acids is 1. The molecule has 2 aromatic heterocycles. The molecule has 0 bridgehead atoms. The molecule has 2 rings (SSSR count). The molecule has 0 unspecified atom stereocenters. The van der Waals surface area contributed by atoms with Crippen LogP contribution in [0.5, 0.6) is 5.75 Å². The minimum absolute atomic E-state index is 0.112. The lowest BCUT2D eigenvalue weighted by atomic mass is 10.3. The Bertz CT molecular complexity index is 699. The second kappa shape index (κ2) is 6.88. The molecule has 0 aliphatic carbocycles. The number of carboxylic acid groups (broad SMARTS) is 1. The number of anilines is 1. The summed E-state index contributed by atoms with van der Waals surface area (Å²) in [6.45, 7) is 0.134. The molecule has 6 nitrogen and oxygen atoms in total. The van der Waals surface area contributed by atoms with Crippen LogP contribution in [0.25, 0.3) is 0 Å². The molecule has 0 aliphatic heterocycles. The Morgan fingerprint density at radius 3 is 2.90 bits per heavy atom. The van der Waals surface area contributed by atoms with Crippen LogP contribution in [0.1, 0.15) is 21.7 Å². The van der Waals surface area contributed by atoms with E-state index in [1.165, 1.54) is 17.4 Å². The second-order valence-electron chi connectivity index (χ2n) is 3.87. The molecule has 0 saturated carbocycles. The highest BCUT2D eigenvalue weighted by Gasteiger charge is 2.10. The summed E-state index contributed by atoms with van der Waals surface area (Å²) in [6.07, 6.45) is 0.112. The molecule has 0 spiro atoms. The van der Waals surface area contributed by atoms with E-state index in [1.54, 1.807) is 16.8 Å². The van der Waals surface area contributed by atoms with Crippen molar-refractivity contribution in [1.82, 2.24) is 0 Å². The monoisotopic (exact) mass is 322 g/mol. The van der Waals surface area contributed by atoms with Gasteiger partial charge in [0.15, 0.2) is 0 Å². The molecule has 0 atom stereocenters. The summed E-state index contributed by atoms with van der Waals surface area (Å²) in [5, 5.41) is 24.1. The van der Waals surface area contributed by atoms with Gasteiger partial charge in [-0.1, -0.05) is 0 Å². The minimum Gasteiger partial charge on any atom is -0.492 e. The van der Waals surface area contributed by atoms with Gasteiger partial charge in [0.2, 0.25) is 5.91 Å².